The predicted molar refractivity (Wildman–Crippen MR) is 107 cm³/mol. The second-order valence-electron chi connectivity index (χ2n) is 6.88. The van der Waals surface area contributed by atoms with Gasteiger partial charge in [0.25, 0.3) is 5.69 Å². The maximum absolute atomic E-state index is 12.5. The summed E-state index contributed by atoms with van der Waals surface area (Å²) in [4.78, 5) is 46.9. The second kappa shape index (κ2) is 8.36. The number of nitrogens with zero attached hydrogens (tertiary/aromatic N) is 3. The molecule has 0 aliphatic carbocycles. The highest BCUT2D eigenvalue weighted by Gasteiger charge is 2.19. The molecule has 10 nitrogen and oxygen atoms in total. The summed E-state index contributed by atoms with van der Waals surface area (Å²) in [6.07, 6.45) is 0.926. The number of oxazole rings is 1. The van der Waals surface area contributed by atoms with E-state index in [9.17, 15) is 24.5 Å². The van der Waals surface area contributed by atoms with Gasteiger partial charge < -0.3 is 13.7 Å². The predicted octanol–water partition coefficient (Wildman–Crippen LogP) is 2.76. The van der Waals surface area contributed by atoms with E-state index in [4.69, 9.17) is 9.15 Å². The van der Waals surface area contributed by atoms with Crippen LogP contribution in [-0.2, 0) is 22.6 Å². The normalized spacial score (nSPS) is 11.0. The zero-order valence-electron chi connectivity index (χ0n) is 16.8. The molecule has 0 N–H and O–H groups in total. The first kappa shape index (κ1) is 21.0. The Morgan fingerprint density at radius 2 is 1.93 bits per heavy atom. The molecular weight excluding hydrogens is 394 g/mol. The molecule has 0 saturated heterocycles. The average Bonchev–Trinajstić information content (AvgIpc) is 3.16. The first-order valence-electron chi connectivity index (χ1n) is 9.36. The molecule has 0 radical (unpaired) electrons. The lowest BCUT2D eigenvalue weighted by Gasteiger charge is -2.08. The van der Waals surface area contributed by atoms with E-state index in [1.165, 1.54) is 12.1 Å². The fourth-order valence-corrected chi connectivity index (χ4v) is 3.37. The van der Waals surface area contributed by atoms with Gasteiger partial charge in [0.2, 0.25) is 5.78 Å². The van der Waals surface area contributed by atoms with E-state index in [1.54, 1.807) is 6.07 Å². The third-order valence-electron chi connectivity index (χ3n) is 4.84. The van der Waals surface area contributed by atoms with Crippen molar-refractivity contribution in [1.82, 2.24) is 9.13 Å². The van der Waals surface area contributed by atoms with Crippen molar-refractivity contribution in [3.8, 4) is 0 Å². The minimum atomic E-state index is -0.850. The molecule has 0 fully saturated rings. The smallest absolute Gasteiger partial charge is 0.420 e. The number of hydrogen-bond donors (Lipinski definition) is 0. The molecule has 0 aliphatic rings. The van der Waals surface area contributed by atoms with Crippen LogP contribution in [0.25, 0.3) is 11.1 Å². The molecule has 3 aromatic rings. The van der Waals surface area contributed by atoms with Crippen molar-refractivity contribution >= 4 is 28.5 Å². The van der Waals surface area contributed by atoms with Crippen molar-refractivity contribution in [3.63, 3.8) is 0 Å². The highest BCUT2D eigenvalue weighted by molar-refractivity contribution is 5.99. The van der Waals surface area contributed by atoms with Gasteiger partial charge in [-0.05, 0) is 32.4 Å². The number of nitro benzene ring substituents is 1. The van der Waals surface area contributed by atoms with Crippen molar-refractivity contribution in [2.45, 2.75) is 40.3 Å². The number of esters is 1. The van der Waals surface area contributed by atoms with Gasteiger partial charge >= 0.3 is 11.7 Å². The molecular formula is C20H21N3O7. The van der Waals surface area contributed by atoms with E-state index >= 15 is 0 Å². The van der Waals surface area contributed by atoms with Crippen LogP contribution in [0.2, 0.25) is 0 Å². The molecule has 0 spiro atoms. The van der Waals surface area contributed by atoms with Gasteiger partial charge in [-0.3, -0.25) is 24.3 Å². The fraction of sp³-hybridized carbons (Fsp3) is 0.350. The topological polar surface area (TPSA) is 127 Å². The van der Waals surface area contributed by atoms with Gasteiger partial charge in [0.15, 0.2) is 12.2 Å². The average molecular weight is 415 g/mol. The van der Waals surface area contributed by atoms with E-state index in [0.29, 0.717) is 5.56 Å². The van der Waals surface area contributed by atoms with Crippen LogP contribution in [0.15, 0.2) is 33.5 Å². The van der Waals surface area contributed by atoms with Gasteiger partial charge in [-0.2, -0.15) is 0 Å². The Morgan fingerprint density at radius 3 is 2.60 bits per heavy atom. The molecule has 0 saturated carbocycles. The molecule has 0 aliphatic heterocycles. The number of rotatable bonds is 8. The second-order valence-corrected chi connectivity index (χ2v) is 6.88. The summed E-state index contributed by atoms with van der Waals surface area (Å²) in [5.74, 6) is -1.98. The molecule has 1 aromatic carbocycles. The number of carbonyl (C=O) groups is 2. The molecule has 2 heterocycles. The standard InChI is InChI=1S/C20H21N3O7/c1-4-7-21-12(2)8-15(13(21)3)17(24)11-29-19(25)10-22-16-6-5-14(23(27)28)9-18(16)30-20(22)26/h5-6,8-9H,4,7,10-11H2,1-3H3. The number of hydrogen-bond acceptors (Lipinski definition) is 7. The number of ketones is 1. The zero-order chi connectivity index (χ0) is 22.0. The largest absolute Gasteiger partial charge is 0.456 e. The Hall–Kier alpha value is -3.69. The van der Waals surface area contributed by atoms with Gasteiger partial charge in [-0.25, -0.2) is 4.79 Å². The Bertz CT molecular complexity index is 1200. The van der Waals surface area contributed by atoms with Crippen molar-refractivity contribution < 1.29 is 23.7 Å². The molecule has 0 atom stereocenters. The number of nitro groups is 1. The van der Waals surface area contributed by atoms with E-state index in [-0.39, 0.29) is 22.6 Å². The first-order valence-corrected chi connectivity index (χ1v) is 9.36. The molecule has 0 amide bonds. The van der Waals surface area contributed by atoms with Crippen LogP contribution in [0.3, 0.4) is 0 Å². The van der Waals surface area contributed by atoms with Crippen LogP contribution in [0.4, 0.5) is 5.69 Å². The first-order chi connectivity index (χ1) is 14.2. The van der Waals surface area contributed by atoms with Gasteiger partial charge in [-0.1, -0.05) is 6.92 Å². The van der Waals surface area contributed by atoms with Crippen LogP contribution in [0, 0.1) is 24.0 Å². The van der Waals surface area contributed by atoms with E-state index < -0.39 is 29.8 Å². The Balaban J connectivity index is 1.70. The molecule has 0 unspecified atom stereocenters. The summed E-state index contributed by atoms with van der Waals surface area (Å²) < 4.78 is 13.1. The lowest BCUT2D eigenvalue weighted by atomic mass is 10.1. The Kier molecular flexibility index (Phi) is 5.86. The molecule has 3 rings (SSSR count). The highest BCUT2D eigenvalue weighted by Crippen LogP contribution is 2.20. The minimum Gasteiger partial charge on any atom is -0.456 e. The fourth-order valence-electron chi connectivity index (χ4n) is 3.37. The maximum atomic E-state index is 12.5. The van der Waals surface area contributed by atoms with Crippen LogP contribution in [0.1, 0.15) is 35.1 Å². The van der Waals surface area contributed by atoms with Gasteiger partial charge in [0.05, 0.1) is 16.5 Å². The monoisotopic (exact) mass is 415 g/mol. The summed E-state index contributed by atoms with van der Waals surface area (Å²) in [6.45, 7) is 5.65. The third kappa shape index (κ3) is 4.02. The van der Waals surface area contributed by atoms with Crippen molar-refractivity contribution in [2.24, 2.45) is 0 Å². The molecule has 30 heavy (non-hydrogen) atoms. The number of aromatic nitrogens is 2. The van der Waals surface area contributed by atoms with Crippen LogP contribution in [-0.4, -0.2) is 32.4 Å². The van der Waals surface area contributed by atoms with Crippen LogP contribution >= 0.6 is 0 Å². The summed E-state index contributed by atoms with van der Waals surface area (Å²) in [7, 11) is 0. The summed E-state index contributed by atoms with van der Waals surface area (Å²) >= 11 is 0. The van der Waals surface area contributed by atoms with Crippen molar-refractivity contribution in [2.75, 3.05) is 6.61 Å². The minimum absolute atomic E-state index is 0.0126. The Morgan fingerprint density at radius 1 is 1.20 bits per heavy atom. The maximum Gasteiger partial charge on any atom is 0.420 e. The molecule has 0 bridgehead atoms. The summed E-state index contributed by atoms with van der Waals surface area (Å²) in [5, 5.41) is 10.8. The van der Waals surface area contributed by atoms with E-state index in [1.807, 2.05) is 25.3 Å². The van der Waals surface area contributed by atoms with Crippen molar-refractivity contribution in [3.05, 3.63) is 61.9 Å². The molecule has 2 aromatic heterocycles. The Labute approximate surface area is 170 Å². The number of carbonyl (C=O) groups excluding carboxylic acids is 2. The van der Waals surface area contributed by atoms with Crippen LogP contribution in [0.5, 0.6) is 0 Å². The van der Waals surface area contributed by atoms with E-state index in [2.05, 4.69) is 0 Å². The van der Waals surface area contributed by atoms with Gasteiger partial charge in [0.1, 0.15) is 6.54 Å². The highest BCUT2D eigenvalue weighted by atomic mass is 16.6. The number of benzene rings is 1. The summed E-state index contributed by atoms with van der Waals surface area (Å²) in [6, 6.07) is 5.39. The molecule has 158 valence electrons. The van der Waals surface area contributed by atoms with Crippen LogP contribution < -0.4 is 5.76 Å². The van der Waals surface area contributed by atoms with E-state index in [0.717, 1.165) is 35.0 Å². The lowest BCUT2D eigenvalue weighted by molar-refractivity contribution is -0.384. The zero-order valence-corrected chi connectivity index (χ0v) is 16.8. The molecule has 10 heteroatoms. The van der Waals surface area contributed by atoms with Gasteiger partial charge in [-0.15, -0.1) is 0 Å². The third-order valence-corrected chi connectivity index (χ3v) is 4.84. The number of aryl methyl sites for hydroxylation is 1. The quantitative estimate of drug-likeness (QED) is 0.240. The number of fused-ring (bicyclic) bond motifs is 1. The number of ether oxygens (including phenoxy) is 1. The number of Topliss-reactive ketones (excluding diaryl/α,β-unsaturated/α-hetero) is 1. The van der Waals surface area contributed by atoms with Crippen molar-refractivity contribution in [1.29, 1.82) is 0 Å². The number of non-ortho nitro benzene ring substituents is 1. The SMILES string of the molecule is CCCn1c(C)cc(C(=O)COC(=O)Cn2c(=O)oc3cc([N+](=O)[O-])ccc32)c1C. The lowest BCUT2D eigenvalue weighted by Crippen LogP contribution is -2.23. The summed E-state index contributed by atoms with van der Waals surface area (Å²) in [5.41, 5.74) is 2.23. The van der Waals surface area contributed by atoms with Gasteiger partial charge in [0, 0.05) is 29.6 Å².